The van der Waals surface area contributed by atoms with Gasteiger partial charge in [-0.05, 0) is 6.92 Å². The Labute approximate surface area is 94.9 Å². The van der Waals surface area contributed by atoms with E-state index in [1.807, 2.05) is 0 Å². The average Bonchev–Trinajstić information content (AvgIpc) is 2.17. The molecule has 2 atom stereocenters. The lowest BCUT2D eigenvalue weighted by atomic mass is 10.0. The van der Waals surface area contributed by atoms with Gasteiger partial charge in [-0.1, -0.05) is 0 Å². The molecule has 1 amide bonds. The number of hydrogen-bond acceptors (Lipinski definition) is 4. The molecule has 0 saturated carbocycles. The first-order valence-corrected chi connectivity index (χ1v) is 4.45. The van der Waals surface area contributed by atoms with Crippen LogP contribution >= 0.6 is 0 Å². The van der Waals surface area contributed by atoms with Crippen LogP contribution in [-0.2, 0) is 14.3 Å². The summed E-state index contributed by atoms with van der Waals surface area (Å²) in [5.74, 6) is -3.46. The topological polar surface area (TPSA) is 102 Å². The van der Waals surface area contributed by atoms with Crippen molar-refractivity contribution in [2.24, 2.45) is 5.73 Å². The number of carboxylic acids is 1. The zero-order valence-corrected chi connectivity index (χ0v) is 9.17. The van der Waals surface area contributed by atoms with Gasteiger partial charge in [-0.25, -0.2) is 4.79 Å². The van der Waals surface area contributed by atoms with E-state index in [9.17, 15) is 22.8 Å². The zero-order chi connectivity index (χ0) is 13.9. The second-order valence-electron chi connectivity index (χ2n) is 3.38. The summed E-state index contributed by atoms with van der Waals surface area (Å²) >= 11 is 0. The third kappa shape index (κ3) is 3.30. The number of amides is 1. The molecule has 0 saturated heterocycles. The Morgan fingerprint density at radius 3 is 2.18 bits per heavy atom. The summed E-state index contributed by atoms with van der Waals surface area (Å²) in [4.78, 5) is 21.9. The number of aliphatic carboxylic acids is 1. The zero-order valence-electron chi connectivity index (χ0n) is 9.17. The maximum absolute atomic E-state index is 12.5. The number of halogens is 3. The Hall–Kier alpha value is -1.35. The summed E-state index contributed by atoms with van der Waals surface area (Å²) in [6.07, 6.45) is -6.47. The van der Waals surface area contributed by atoms with Crippen LogP contribution in [0.4, 0.5) is 13.2 Å². The quantitative estimate of drug-likeness (QED) is 0.616. The highest BCUT2D eigenvalue weighted by molar-refractivity contribution is 5.89. The smallest absolute Gasteiger partial charge is 0.422 e. The van der Waals surface area contributed by atoms with Crippen molar-refractivity contribution in [3.63, 3.8) is 0 Å². The molecule has 2 unspecified atom stereocenters. The van der Waals surface area contributed by atoms with Crippen molar-refractivity contribution in [2.45, 2.75) is 24.7 Å². The van der Waals surface area contributed by atoms with Crippen LogP contribution in [0.3, 0.4) is 0 Å². The van der Waals surface area contributed by atoms with Crippen molar-refractivity contribution < 1.29 is 32.6 Å². The Morgan fingerprint density at radius 2 is 1.94 bits per heavy atom. The summed E-state index contributed by atoms with van der Waals surface area (Å²) in [5, 5.41) is 9.90. The Kier molecular flexibility index (Phi) is 4.90. The normalized spacial score (nSPS) is 17.1. The number of carbonyl (C=O) groups excluding carboxylic acids is 1. The van der Waals surface area contributed by atoms with E-state index in [0.29, 0.717) is 6.92 Å². The van der Waals surface area contributed by atoms with Crippen LogP contribution in [0.25, 0.3) is 0 Å². The first-order valence-electron chi connectivity index (χ1n) is 4.45. The van der Waals surface area contributed by atoms with Gasteiger partial charge in [-0.3, -0.25) is 4.79 Å². The SMILES string of the molecule is COC(CN)C(=O)NC(C)(C(=O)O)C(F)(F)F. The van der Waals surface area contributed by atoms with E-state index in [1.54, 1.807) is 0 Å². The van der Waals surface area contributed by atoms with Gasteiger partial charge < -0.3 is 20.9 Å². The van der Waals surface area contributed by atoms with E-state index in [1.165, 1.54) is 5.32 Å². The van der Waals surface area contributed by atoms with Crippen molar-refractivity contribution in [1.29, 1.82) is 0 Å². The lowest BCUT2D eigenvalue weighted by molar-refractivity contribution is -0.208. The molecule has 0 heterocycles. The van der Waals surface area contributed by atoms with Crippen molar-refractivity contribution in [2.75, 3.05) is 13.7 Å². The fraction of sp³-hybridized carbons (Fsp3) is 0.750. The monoisotopic (exact) mass is 258 g/mol. The van der Waals surface area contributed by atoms with Gasteiger partial charge in [0.05, 0.1) is 0 Å². The van der Waals surface area contributed by atoms with E-state index in [4.69, 9.17) is 10.8 Å². The molecule has 0 spiro atoms. The summed E-state index contributed by atoms with van der Waals surface area (Å²) in [6.45, 7) is -0.0215. The number of nitrogens with one attached hydrogen (secondary N) is 1. The maximum Gasteiger partial charge on any atom is 0.422 e. The minimum Gasteiger partial charge on any atom is -0.479 e. The fourth-order valence-corrected chi connectivity index (χ4v) is 0.883. The predicted molar refractivity (Wildman–Crippen MR) is 50.1 cm³/mol. The second kappa shape index (κ2) is 5.32. The van der Waals surface area contributed by atoms with Crippen LogP contribution in [0.2, 0.25) is 0 Å². The van der Waals surface area contributed by atoms with Crippen molar-refractivity contribution in [1.82, 2.24) is 5.32 Å². The van der Waals surface area contributed by atoms with Crippen LogP contribution in [0.15, 0.2) is 0 Å². The summed E-state index contributed by atoms with van der Waals surface area (Å²) in [7, 11) is 1.07. The number of rotatable bonds is 5. The molecule has 100 valence electrons. The highest BCUT2D eigenvalue weighted by atomic mass is 19.4. The van der Waals surface area contributed by atoms with E-state index in [0.717, 1.165) is 7.11 Å². The second-order valence-corrected chi connectivity index (χ2v) is 3.38. The molecule has 0 aromatic carbocycles. The Balaban J connectivity index is 5.04. The molecule has 0 aliphatic rings. The number of carboxylic acid groups (broad SMARTS) is 1. The van der Waals surface area contributed by atoms with Gasteiger partial charge in [0, 0.05) is 13.7 Å². The van der Waals surface area contributed by atoms with Crippen molar-refractivity contribution in [3.8, 4) is 0 Å². The molecule has 0 rings (SSSR count). The highest BCUT2D eigenvalue weighted by Crippen LogP contribution is 2.30. The van der Waals surface area contributed by atoms with Crippen LogP contribution in [0, 0.1) is 0 Å². The van der Waals surface area contributed by atoms with E-state index >= 15 is 0 Å². The molecular weight excluding hydrogens is 245 g/mol. The number of carbonyl (C=O) groups is 2. The first-order chi connectivity index (χ1) is 7.60. The molecule has 0 fully saturated rings. The molecule has 9 heteroatoms. The first kappa shape index (κ1) is 15.7. The molecule has 0 aromatic rings. The van der Waals surface area contributed by atoms with Crippen LogP contribution < -0.4 is 11.1 Å². The number of methoxy groups -OCH3 is 1. The third-order valence-electron chi connectivity index (χ3n) is 2.16. The molecule has 4 N–H and O–H groups in total. The van der Waals surface area contributed by atoms with E-state index < -0.39 is 29.7 Å². The van der Waals surface area contributed by atoms with Crippen LogP contribution in [0.1, 0.15) is 6.92 Å². The van der Waals surface area contributed by atoms with Crippen LogP contribution in [-0.4, -0.2) is 48.5 Å². The van der Waals surface area contributed by atoms with Crippen LogP contribution in [0.5, 0.6) is 0 Å². The van der Waals surface area contributed by atoms with Crippen molar-refractivity contribution in [3.05, 3.63) is 0 Å². The summed E-state index contributed by atoms with van der Waals surface area (Å²) in [6, 6.07) is 0. The van der Waals surface area contributed by atoms with Gasteiger partial charge in [-0.2, -0.15) is 13.2 Å². The highest BCUT2D eigenvalue weighted by Gasteiger charge is 2.58. The van der Waals surface area contributed by atoms with Gasteiger partial charge in [0.25, 0.3) is 5.91 Å². The molecule has 0 aliphatic heterocycles. The molecule has 6 nitrogen and oxygen atoms in total. The van der Waals surface area contributed by atoms with E-state index in [2.05, 4.69) is 4.74 Å². The molecule has 0 bridgehead atoms. The molecule has 0 aromatic heterocycles. The maximum atomic E-state index is 12.5. The number of alkyl halides is 3. The third-order valence-corrected chi connectivity index (χ3v) is 2.16. The number of hydrogen-bond donors (Lipinski definition) is 3. The Morgan fingerprint density at radius 1 is 1.47 bits per heavy atom. The summed E-state index contributed by atoms with van der Waals surface area (Å²) < 4.78 is 42.1. The molecular formula is C8H13F3N2O4. The number of nitrogens with two attached hydrogens (primary N) is 1. The van der Waals surface area contributed by atoms with Crippen molar-refractivity contribution >= 4 is 11.9 Å². The van der Waals surface area contributed by atoms with Gasteiger partial charge in [0.2, 0.25) is 5.54 Å². The Bertz CT molecular complexity index is 304. The number of ether oxygens (including phenoxy) is 1. The molecule has 17 heavy (non-hydrogen) atoms. The van der Waals surface area contributed by atoms with E-state index in [-0.39, 0.29) is 6.54 Å². The lowest BCUT2D eigenvalue weighted by Crippen LogP contribution is -2.64. The fourth-order valence-electron chi connectivity index (χ4n) is 0.883. The summed E-state index contributed by atoms with van der Waals surface area (Å²) in [5.41, 5.74) is 1.69. The predicted octanol–water partition coefficient (Wildman–Crippen LogP) is -0.518. The van der Waals surface area contributed by atoms with Gasteiger partial charge >= 0.3 is 12.1 Å². The average molecular weight is 258 g/mol. The lowest BCUT2D eigenvalue weighted by Gasteiger charge is -2.29. The minimum absolute atomic E-state index is 0.344. The minimum atomic E-state index is -5.14. The van der Waals surface area contributed by atoms with Gasteiger partial charge in [-0.15, -0.1) is 0 Å². The largest absolute Gasteiger partial charge is 0.479 e. The molecule has 0 aliphatic carbocycles. The molecule has 0 radical (unpaired) electrons. The van der Waals surface area contributed by atoms with Gasteiger partial charge in [0.15, 0.2) is 0 Å². The standard InChI is InChI=1S/C8H13F3N2O4/c1-7(6(15)16,8(9,10)11)13-5(14)4(3-12)17-2/h4H,3,12H2,1-2H3,(H,13,14)(H,15,16). The van der Waals surface area contributed by atoms with Gasteiger partial charge in [0.1, 0.15) is 6.10 Å².